The van der Waals surface area contributed by atoms with E-state index in [4.69, 9.17) is 4.52 Å². The van der Waals surface area contributed by atoms with Crippen LogP contribution in [-0.2, 0) is 6.42 Å². The zero-order chi connectivity index (χ0) is 16.9. The summed E-state index contributed by atoms with van der Waals surface area (Å²) in [5.41, 5.74) is 2.08. The van der Waals surface area contributed by atoms with Crippen LogP contribution in [0.2, 0.25) is 0 Å². The predicted octanol–water partition coefficient (Wildman–Crippen LogP) is 2.69. The highest BCUT2D eigenvalue weighted by atomic mass is 16.5. The molecule has 0 fully saturated rings. The monoisotopic (exact) mass is 323 g/mol. The molecule has 1 N–H and O–H groups in total. The third-order valence-electron chi connectivity index (χ3n) is 3.48. The number of anilines is 1. The molecule has 0 saturated carbocycles. The Hall–Kier alpha value is -3.09. The van der Waals surface area contributed by atoms with Crippen molar-refractivity contribution in [1.29, 1.82) is 0 Å². The van der Waals surface area contributed by atoms with Crippen molar-refractivity contribution in [3.8, 4) is 11.5 Å². The number of hydrogen-bond donors (Lipinski definition) is 1. The summed E-state index contributed by atoms with van der Waals surface area (Å²) in [7, 11) is 0. The van der Waals surface area contributed by atoms with Crippen LogP contribution in [0.3, 0.4) is 0 Å². The maximum Gasteiger partial charge on any atom is 0.257 e. The minimum absolute atomic E-state index is 0.0423. The molecule has 24 heavy (non-hydrogen) atoms. The largest absolute Gasteiger partial charge is 0.354 e. The molecular weight excluding hydrogens is 306 g/mol. The van der Waals surface area contributed by atoms with Gasteiger partial charge in [0.05, 0.1) is 11.3 Å². The second kappa shape index (κ2) is 6.99. The first-order valence-electron chi connectivity index (χ1n) is 7.60. The lowest BCUT2D eigenvalue weighted by atomic mass is 10.2. The number of rotatable bonds is 6. The first-order chi connectivity index (χ1) is 11.6. The van der Waals surface area contributed by atoms with Crippen LogP contribution < -0.4 is 5.32 Å². The number of Topliss-reactive ketones (excluding diaryl/α,β-unsaturated/α-hetero) is 1. The molecule has 0 aliphatic carbocycles. The number of carbonyl (C=O) groups excluding carboxylic acids is 1. The Morgan fingerprint density at radius 1 is 1.21 bits per heavy atom. The van der Waals surface area contributed by atoms with Gasteiger partial charge < -0.3 is 9.84 Å². The number of aryl methyl sites for hydroxylation is 1. The van der Waals surface area contributed by atoms with Gasteiger partial charge in [-0.05, 0) is 26.0 Å². The average Bonchev–Trinajstić information content (AvgIpc) is 3.04. The van der Waals surface area contributed by atoms with Gasteiger partial charge in [0.1, 0.15) is 0 Å². The van der Waals surface area contributed by atoms with Crippen molar-refractivity contribution in [3.05, 3.63) is 53.6 Å². The van der Waals surface area contributed by atoms with Gasteiger partial charge in [0.25, 0.3) is 5.89 Å². The first-order valence-corrected chi connectivity index (χ1v) is 7.60. The van der Waals surface area contributed by atoms with E-state index in [1.54, 1.807) is 6.92 Å². The number of nitrogens with zero attached hydrogens (tertiary/aromatic N) is 4. The third kappa shape index (κ3) is 3.62. The fraction of sp³-hybridized carbons (Fsp3) is 0.235. The summed E-state index contributed by atoms with van der Waals surface area (Å²) in [6.45, 7) is 3.85. The van der Waals surface area contributed by atoms with Crippen molar-refractivity contribution >= 4 is 11.7 Å². The lowest BCUT2D eigenvalue weighted by Crippen LogP contribution is -2.11. The molecule has 7 nitrogen and oxygen atoms in total. The van der Waals surface area contributed by atoms with E-state index in [0.717, 1.165) is 5.56 Å². The van der Waals surface area contributed by atoms with Crippen molar-refractivity contribution in [3.63, 3.8) is 0 Å². The lowest BCUT2D eigenvalue weighted by molar-refractivity contribution is 0.101. The van der Waals surface area contributed by atoms with Crippen LogP contribution >= 0.6 is 0 Å². The van der Waals surface area contributed by atoms with Crippen LogP contribution in [0.1, 0.15) is 28.8 Å². The molecule has 0 aliphatic rings. The molecule has 7 heteroatoms. The first kappa shape index (κ1) is 15.8. The van der Waals surface area contributed by atoms with E-state index in [9.17, 15) is 4.79 Å². The molecule has 0 atom stereocenters. The van der Waals surface area contributed by atoms with Crippen LogP contribution in [0.25, 0.3) is 11.5 Å². The highest BCUT2D eigenvalue weighted by Crippen LogP contribution is 2.16. The molecule has 0 aliphatic heterocycles. The summed E-state index contributed by atoms with van der Waals surface area (Å²) < 4.78 is 5.26. The van der Waals surface area contributed by atoms with Crippen molar-refractivity contribution in [2.75, 3.05) is 11.9 Å². The lowest BCUT2D eigenvalue weighted by Gasteiger charge is -2.05. The minimum atomic E-state index is -0.0423. The second-order valence-electron chi connectivity index (χ2n) is 5.31. The molecule has 0 saturated heterocycles. The molecule has 1 aromatic carbocycles. The molecule has 0 radical (unpaired) electrons. The van der Waals surface area contributed by atoms with Crippen molar-refractivity contribution in [2.24, 2.45) is 0 Å². The summed E-state index contributed by atoms with van der Waals surface area (Å²) in [6.07, 6.45) is 2.11. The zero-order valence-corrected chi connectivity index (χ0v) is 13.5. The predicted molar refractivity (Wildman–Crippen MR) is 88.7 cm³/mol. The Morgan fingerprint density at radius 3 is 2.71 bits per heavy atom. The standard InChI is InChI=1S/C17H17N5O2/c1-11-14(12(2)23)10-19-17(20-11)18-9-8-15-21-16(24-22-15)13-6-4-3-5-7-13/h3-7,10H,8-9H2,1-2H3,(H,18,19,20). The van der Waals surface area contributed by atoms with Crippen LogP contribution in [0.5, 0.6) is 0 Å². The fourth-order valence-electron chi connectivity index (χ4n) is 2.24. The van der Waals surface area contributed by atoms with E-state index in [1.165, 1.54) is 13.1 Å². The number of ketones is 1. The van der Waals surface area contributed by atoms with Crippen molar-refractivity contribution < 1.29 is 9.32 Å². The van der Waals surface area contributed by atoms with Gasteiger partial charge in [-0.3, -0.25) is 4.79 Å². The SMILES string of the molecule is CC(=O)c1cnc(NCCc2noc(-c3ccccc3)n2)nc1C. The van der Waals surface area contributed by atoms with E-state index in [1.807, 2.05) is 30.3 Å². The topological polar surface area (TPSA) is 93.8 Å². The quantitative estimate of drug-likeness (QED) is 0.697. The molecular formula is C17H17N5O2. The number of nitrogens with one attached hydrogen (secondary N) is 1. The normalized spacial score (nSPS) is 10.6. The number of benzene rings is 1. The maximum absolute atomic E-state index is 11.4. The summed E-state index contributed by atoms with van der Waals surface area (Å²) in [6, 6.07) is 9.62. The molecule has 0 amide bonds. The summed E-state index contributed by atoms with van der Waals surface area (Å²) in [5, 5.41) is 7.06. The van der Waals surface area contributed by atoms with Gasteiger partial charge in [0.15, 0.2) is 11.6 Å². The van der Waals surface area contributed by atoms with E-state index in [-0.39, 0.29) is 5.78 Å². The van der Waals surface area contributed by atoms with E-state index in [0.29, 0.717) is 41.9 Å². The molecule has 2 aromatic heterocycles. The molecule has 2 heterocycles. The van der Waals surface area contributed by atoms with E-state index < -0.39 is 0 Å². The summed E-state index contributed by atoms with van der Waals surface area (Å²) in [5.74, 6) is 1.55. The molecule has 122 valence electrons. The van der Waals surface area contributed by atoms with Crippen LogP contribution in [-0.4, -0.2) is 32.4 Å². The van der Waals surface area contributed by atoms with Crippen LogP contribution in [0, 0.1) is 6.92 Å². The van der Waals surface area contributed by atoms with Gasteiger partial charge in [0.2, 0.25) is 5.95 Å². The van der Waals surface area contributed by atoms with Gasteiger partial charge in [-0.2, -0.15) is 4.98 Å². The Kier molecular flexibility index (Phi) is 4.60. The Morgan fingerprint density at radius 2 is 2.00 bits per heavy atom. The summed E-state index contributed by atoms with van der Waals surface area (Å²) in [4.78, 5) is 24.1. The zero-order valence-electron chi connectivity index (χ0n) is 13.5. The van der Waals surface area contributed by atoms with Gasteiger partial charge in [0, 0.05) is 24.7 Å². The number of carbonyl (C=O) groups is 1. The smallest absolute Gasteiger partial charge is 0.257 e. The van der Waals surface area contributed by atoms with E-state index >= 15 is 0 Å². The van der Waals surface area contributed by atoms with Gasteiger partial charge in [-0.1, -0.05) is 23.4 Å². The Labute approximate surface area is 139 Å². The van der Waals surface area contributed by atoms with Crippen LogP contribution in [0.4, 0.5) is 5.95 Å². The van der Waals surface area contributed by atoms with Gasteiger partial charge in [-0.15, -0.1) is 0 Å². The fourth-order valence-corrected chi connectivity index (χ4v) is 2.24. The number of hydrogen-bond acceptors (Lipinski definition) is 7. The molecule has 0 bridgehead atoms. The molecule has 0 spiro atoms. The van der Waals surface area contributed by atoms with Gasteiger partial charge in [-0.25, -0.2) is 9.97 Å². The third-order valence-corrected chi connectivity index (χ3v) is 3.48. The van der Waals surface area contributed by atoms with Gasteiger partial charge >= 0.3 is 0 Å². The summed E-state index contributed by atoms with van der Waals surface area (Å²) >= 11 is 0. The molecule has 3 rings (SSSR count). The highest BCUT2D eigenvalue weighted by molar-refractivity contribution is 5.94. The molecule has 0 unspecified atom stereocenters. The average molecular weight is 323 g/mol. The minimum Gasteiger partial charge on any atom is -0.354 e. The van der Waals surface area contributed by atoms with E-state index in [2.05, 4.69) is 25.4 Å². The second-order valence-corrected chi connectivity index (χ2v) is 5.31. The Bertz CT molecular complexity index is 845. The highest BCUT2D eigenvalue weighted by Gasteiger charge is 2.09. The van der Waals surface area contributed by atoms with Crippen LogP contribution in [0.15, 0.2) is 41.1 Å². The maximum atomic E-state index is 11.4. The Balaban J connectivity index is 1.58. The van der Waals surface area contributed by atoms with Crippen molar-refractivity contribution in [1.82, 2.24) is 20.1 Å². The molecule has 3 aromatic rings. The van der Waals surface area contributed by atoms with Crippen molar-refractivity contribution in [2.45, 2.75) is 20.3 Å². The number of aromatic nitrogens is 4.